The van der Waals surface area contributed by atoms with Gasteiger partial charge in [-0.2, -0.15) is 5.10 Å². The lowest BCUT2D eigenvalue weighted by atomic mass is 10.2. The molecule has 0 aliphatic rings. The predicted molar refractivity (Wildman–Crippen MR) is 86.5 cm³/mol. The molecule has 2 aromatic rings. The maximum absolute atomic E-state index is 11.6. The van der Waals surface area contributed by atoms with Crippen molar-refractivity contribution in [2.75, 3.05) is 7.11 Å². The van der Waals surface area contributed by atoms with Crippen LogP contribution in [0.4, 0.5) is 0 Å². The molecule has 3 N–H and O–H groups in total. The van der Waals surface area contributed by atoms with Crippen molar-refractivity contribution in [3.8, 4) is 11.5 Å². The normalized spacial score (nSPS) is 10.4. The number of phenolic OH excluding ortho intramolecular Hbond substituents is 1. The van der Waals surface area contributed by atoms with Crippen molar-refractivity contribution < 1.29 is 19.4 Å². The van der Waals surface area contributed by atoms with Gasteiger partial charge in [-0.05, 0) is 35.4 Å². The maximum atomic E-state index is 11.6. The van der Waals surface area contributed by atoms with E-state index < -0.39 is 11.8 Å². The largest absolute Gasteiger partial charge is 0.504 e. The second-order valence-electron chi connectivity index (χ2n) is 4.67. The van der Waals surface area contributed by atoms with Crippen LogP contribution in [0.2, 0.25) is 0 Å². The highest BCUT2D eigenvalue weighted by Crippen LogP contribution is 2.25. The van der Waals surface area contributed by atoms with Crippen LogP contribution in [0.1, 0.15) is 11.1 Å². The molecule has 0 fully saturated rings. The first-order valence-electron chi connectivity index (χ1n) is 6.97. The fourth-order valence-corrected chi connectivity index (χ4v) is 1.76. The fraction of sp³-hybridized carbons (Fsp3) is 0.125. The third-order valence-corrected chi connectivity index (χ3v) is 2.97. The van der Waals surface area contributed by atoms with Gasteiger partial charge in [-0.1, -0.05) is 6.07 Å². The Morgan fingerprint density at radius 2 is 2.17 bits per heavy atom. The van der Waals surface area contributed by atoms with Gasteiger partial charge < -0.3 is 15.2 Å². The summed E-state index contributed by atoms with van der Waals surface area (Å²) in [6, 6.07) is 8.06. The molecule has 0 spiro atoms. The molecule has 0 bridgehead atoms. The molecular weight excluding hydrogens is 312 g/mol. The molecule has 0 unspecified atom stereocenters. The van der Waals surface area contributed by atoms with Crippen LogP contribution < -0.4 is 15.5 Å². The number of hydrazone groups is 1. The molecule has 1 aromatic heterocycles. The Morgan fingerprint density at radius 1 is 1.33 bits per heavy atom. The van der Waals surface area contributed by atoms with E-state index in [9.17, 15) is 14.7 Å². The number of nitrogens with one attached hydrogen (secondary N) is 2. The lowest BCUT2D eigenvalue weighted by Crippen LogP contribution is -2.37. The molecule has 0 saturated heterocycles. The topological polar surface area (TPSA) is 113 Å². The summed E-state index contributed by atoms with van der Waals surface area (Å²) in [4.78, 5) is 27.2. The van der Waals surface area contributed by atoms with Crippen molar-refractivity contribution >= 4 is 18.0 Å². The van der Waals surface area contributed by atoms with Gasteiger partial charge in [-0.3, -0.25) is 14.6 Å². The zero-order valence-electron chi connectivity index (χ0n) is 12.9. The molecule has 0 aliphatic carbocycles. The Bertz CT molecular complexity index is 747. The van der Waals surface area contributed by atoms with E-state index in [1.165, 1.54) is 25.5 Å². The molecule has 8 nitrogen and oxygen atoms in total. The van der Waals surface area contributed by atoms with Crippen molar-refractivity contribution in [3.63, 3.8) is 0 Å². The lowest BCUT2D eigenvalue weighted by molar-refractivity contribution is -0.139. The zero-order valence-corrected chi connectivity index (χ0v) is 12.9. The number of benzene rings is 1. The molecule has 2 rings (SSSR count). The zero-order chi connectivity index (χ0) is 17.4. The SMILES string of the molecule is COc1cc(/C=N/NC(=O)C(=O)NCc2cccnc2)ccc1O. The van der Waals surface area contributed by atoms with Gasteiger partial charge in [0.05, 0.1) is 13.3 Å². The monoisotopic (exact) mass is 328 g/mol. The van der Waals surface area contributed by atoms with Gasteiger partial charge in [0.1, 0.15) is 0 Å². The van der Waals surface area contributed by atoms with Crippen LogP contribution in [0.3, 0.4) is 0 Å². The molecule has 0 saturated carbocycles. The molecule has 0 atom stereocenters. The number of methoxy groups -OCH3 is 1. The van der Waals surface area contributed by atoms with E-state index in [1.807, 2.05) is 0 Å². The van der Waals surface area contributed by atoms with Crippen molar-refractivity contribution in [1.82, 2.24) is 15.7 Å². The van der Waals surface area contributed by atoms with E-state index in [-0.39, 0.29) is 18.0 Å². The first-order valence-corrected chi connectivity index (χ1v) is 6.97. The van der Waals surface area contributed by atoms with E-state index in [0.717, 1.165) is 5.56 Å². The minimum atomic E-state index is -0.888. The van der Waals surface area contributed by atoms with Crippen molar-refractivity contribution in [2.24, 2.45) is 5.10 Å². The second-order valence-corrected chi connectivity index (χ2v) is 4.67. The molecule has 0 aliphatic heterocycles. The van der Waals surface area contributed by atoms with Gasteiger partial charge in [-0.15, -0.1) is 0 Å². The number of carbonyl (C=O) groups excluding carboxylic acids is 2. The average Bonchev–Trinajstić information content (AvgIpc) is 2.61. The van der Waals surface area contributed by atoms with Gasteiger partial charge >= 0.3 is 11.8 Å². The number of aromatic hydroxyl groups is 1. The van der Waals surface area contributed by atoms with Crippen LogP contribution in [0.15, 0.2) is 47.8 Å². The summed E-state index contributed by atoms with van der Waals surface area (Å²) in [5, 5.41) is 15.6. The quantitative estimate of drug-likeness (QED) is 0.422. The van der Waals surface area contributed by atoms with Crippen LogP contribution in [0.25, 0.3) is 0 Å². The molecule has 8 heteroatoms. The Morgan fingerprint density at radius 3 is 2.88 bits per heavy atom. The molecule has 1 aromatic carbocycles. The summed E-state index contributed by atoms with van der Waals surface area (Å²) >= 11 is 0. The summed E-state index contributed by atoms with van der Waals surface area (Å²) in [6.07, 6.45) is 4.54. The van der Waals surface area contributed by atoms with E-state index in [4.69, 9.17) is 4.74 Å². The third kappa shape index (κ3) is 4.80. The van der Waals surface area contributed by atoms with Crippen molar-refractivity contribution in [3.05, 3.63) is 53.9 Å². The number of nitrogens with zero attached hydrogens (tertiary/aromatic N) is 2. The summed E-state index contributed by atoms with van der Waals surface area (Å²) in [6.45, 7) is 0.193. The van der Waals surface area contributed by atoms with Crippen LogP contribution >= 0.6 is 0 Å². The van der Waals surface area contributed by atoms with Crippen LogP contribution in [0, 0.1) is 0 Å². The van der Waals surface area contributed by atoms with Gasteiger partial charge in [-0.25, -0.2) is 5.43 Å². The van der Waals surface area contributed by atoms with Crippen LogP contribution in [0.5, 0.6) is 11.5 Å². The lowest BCUT2D eigenvalue weighted by Gasteiger charge is -2.04. The molecule has 2 amide bonds. The molecule has 1 heterocycles. The average molecular weight is 328 g/mol. The highest BCUT2D eigenvalue weighted by molar-refractivity contribution is 6.35. The van der Waals surface area contributed by atoms with Gasteiger partial charge in [0.25, 0.3) is 0 Å². The Hall–Kier alpha value is -3.42. The summed E-state index contributed by atoms with van der Waals surface area (Å²) in [7, 11) is 1.42. The smallest absolute Gasteiger partial charge is 0.329 e. The summed E-state index contributed by atoms with van der Waals surface area (Å²) in [5.41, 5.74) is 3.48. The molecule has 124 valence electrons. The van der Waals surface area contributed by atoms with Gasteiger partial charge in [0, 0.05) is 18.9 Å². The molecule has 24 heavy (non-hydrogen) atoms. The third-order valence-electron chi connectivity index (χ3n) is 2.97. The number of hydrogen-bond donors (Lipinski definition) is 3. The summed E-state index contributed by atoms with van der Waals surface area (Å²) in [5.74, 6) is -1.42. The molecular formula is C16H16N4O4. The standard InChI is InChI=1S/C16H16N4O4/c1-24-14-7-11(4-5-13(14)21)10-19-20-16(23)15(22)18-9-12-3-2-6-17-8-12/h2-8,10,21H,9H2,1H3,(H,18,22)(H,20,23)/b19-10+. The minimum Gasteiger partial charge on any atom is -0.504 e. The fourth-order valence-electron chi connectivity index (χ4n) is 1.76. The van der Waals surface area contributed by atoms with E-state index in [2.05, 4.69) is 20.8 Å². The Balaban J connectivity index is 1.84. The van der Waals surface area contributed by atoms with E-state index in [1.54, 1.807) is 30.6 Å². The van der Waals surface area contributed by atoms with Crippen molar-refractivity contribution in [2.45, 2.75) is 6.54 Å². The maximum Gasteiger partial charge on any atom is 0.329 e. The van der Waals surface area contributed by atoms with Crippen LogP contribution in [-0.2, 0) is 16.1 Å². The number of rotatable bonds is 5. The number of amides is 2. The van der Waals surface area contributed by atoms with Crippen molar-refractivity contribution in [1.29, 1.82) is 0 Å². The number of pyridine rings is 1. The number of hydrogen-bond acceptors (Lipinski definition) is 6. The van der Waals surface area contributed by atoms with Gasteiger partial charge in [0.2, 0.25) is 0 Å². The van der Waals surface area contributed by atoms with Gasteiger partial charge in [0.15, 0.2) is 11.5 Å². The minimum absolute atomic E-state index is 0.00605. The Labute approximate surface area is 138 Å². The first kappa shape index (κ1) is 16.9. The number of ether oxygens (including phenoxy) is 1. The number of aromatic nitrogens is 1. The van der Waals surface area contributed by atoms with Crippen LogP contribution in [-0.4, -0.2) is 35.2 Å². The number of carbonyl (C=O) groups is 2. The first-order chi connectivity index (χ1) is 11.6. The number of phenols is 1. The highest BCUT2D eigenvalue weighted by Gasteiger charge is 2.11. The van der Waals surface area contributed by atoms with E-state index >= 15 is 0 Å². The van der Waals surface area contributed by atoms with E-state index in [0.29, 0.717) is 5.56 Å². The Kier molecular flexibility index (Phi) is 5.84. The molecule has 0 radical (unpaired) electrons. The predicted octanol–water partition coefficient (Wildman–Crippen LogP) is 0.562. The highest BCUT2D eigenvalue weighted by atomic mass is 16.5. The second kappa shape index (κ2) is 8.28. The summed E-state index contributed by atoms with van der Waals surface area (Å²) < 4.78 is 4.96.